The first kappa shape index (κ1) is 14.0. The molecule has 1 fully saturated rings. The van der Waals surface area contributed by atoms with E-state index in [0.29, 0.717) is 10.2 Å². The van der Waals surface area contributed by atoms with Crippen molar-refractivity contribution in [2.75, 3.05) is 11.9 Å². The molecule has 2 rings (SSSR count). The molecule has 2 unspecified atom stereocenters. The number of benzene rings is 1. The van der Waals surface area contributed by atoms with Gasteiger partial charge in [-0.25, -0.2) is 0 Å². The number of anilines is 1. The smallest absolute Gasteiger partial charge is 0.270 e. The molecule has 1 heterocycles. The van der Waals surface area contributed by atoms with Crippen molar-refractivity contribution in [3.63, 3.8) is 0 Å². The van der Waals surface area contributed by atoms with Crippen molar-refractivity contribution in [1.29, 1.82) is 0 Å². The SMILES string of the molecule is CC1NCCC1C(=O)Nc1ccc([N+](=O)[O-])cc1Br. The van der Waals surface area contributed by atoms with E-state index in [9.17, 15) is 14.9 Å². The Kier molecular flexibility index (Phi) is 4.16. The van der Waals surface area contributed by atoms with Crippen LogP contribution in [0.4, 0.5) is 11.4 Å². The highest BCUT2D eigenvalue weighted by molar-refractivity contribution is 9.10. The first-order chi connectivity index (χ1) is 8.99. The summed E-state index contributed by atoms with van der Waals surface area (Å²) in [6, 6.07) is 4.44. The summed E-state index contributed by atoms with van der Waals surface area (Å²) in [5, 5.41) is 16.6. The van der Waals surface area contributed by atoms with Crippen LogP contribution in [-0.2, 0) is 4.79 Å². The molecule has 0 aliphatic carbocycles. The van der Waals surface area contributed by atoms with E-state index in [2.05, 4.69) is 26.6 Å². The minimum Gasteiger partial charge on any atom is -0.325 e. The summed E-state index contributed by atoms with van der Waals surface area (Å²) in [7, 11) is 0. The Bertz CT molecular complexity index is 521. The molecular formula is C12H14BrN3O3. The summed E-state index contributed by atoms with van der Waals surface area (Å²) in [6.07, 6.45) is 0.803. The van der Waals surface area contributed by atoms with Crippen molar-refractivity contribution >= 4 is 33.2 Å². The van der Waals surface area contributed by atoms with Gasteiger partial charge in [-0.3, -0.25) is 14.9 Å². The van der Waals surface area contributed by atoms with Crippen molar-refractivity contribution in [3.05, 3.63) is 32.8 Å². The Labute approximate surface area is 118 Å². The molecule has 1 amide bonds. The van der Waals surface area contributed by atoms with E-state index in [-0.39, 0.29) is 23.6 Å². The summed E-state index contributed by atoms with van der Waals surface area (Å²) >= 11 is 3.23. The Morgan fingerprint density at radius 2 is 2.32 bits per heavy atom. The minimum atomic E-state index is -0.473. The van der Waals surface area contributed by atoms with Crippen LogP contribution in [0, 0.1) is 16.0 Å². The third-order valence-electron chi connectivity index (χ3n) is 3.28. The van der Waals surface area contributed by atoms with Crippen LogP contribution < -0.4 is 10.6 Å². The average molecular weight is 328 g/mol. The first-order valence-electron chi connectivity index (χ1n) is 5.97. The van der Waals surface area contributed by atoms with Gasteiger partial charge >= 0.3 is 0 Å². The molecule has 1 aromatic carbocycles. The third-order valence-corrected chi connectivity index (χ3v) is 3.94. The first-order valence-corrected chi connectivity index (χ1v) is 6.76. The van der Waals surface area contributed by atoms with Crippen molar-refractivity contribution in [2.24, 2.45) is 5.92 Å². The molecule has 1 aliphatic rings. The summed E-state index contributed by atoms with van der Waals surface area (Å²) in [5.41, 5.74) is 0.537. The van der Waals surface area contributed by atoms with Gasteiger partial charge in [0.1, 0.15) is 0 Å². The van der Waals surface area contributed by atoms with Gasteiger partial charge in [-0.15, -0.1) is 0 Å². The van der Waals surface area contributed by atoms with Gasteiger partial charge in [0.15, 0.2) is 0 Å². The Hall–Kier alpha value is -1.47. The van der Waals surface area contributed by atoms with Gasteiger partial charge in [-0.1, -0.05) is 0 Å². The van der Waals surface area contributed by atoms with E-state index in [1.165, 1.54) is 18.2 Å². The number of amides is 1. The molecule has 2 atom stereocenters. The summed E-state index contributed by atoms with van der Waals surface area (Å²) < 4.78 is 0.508. The lowest BCUT2D eigenvalue weighted by Gasteiger charge is -2.15. The lowest BCUT2D eigenvalue weighted by atomic mass is 10.0. The van der Waals surface area contributed by atoms with Crippen LogP contribution >= 0.6 is 15.9 Å². The normalized spacial score (nSPS) is 22.2. The number of nitro benzene ring substituents is 1. The summed E-state index contributed by atoms with van der Waals surface area (Å²) in [4.78, 5) is 22.2. The zero-order chi connectivity index (χ0) is 14.0. The second-order valence-electron chi connectivity index (χ2n) is 4.55. The highest BCUT2D eigenvalue weighted by Gasteiger charge is 2.29. The zero-order valence-electron chi connectivity index (χ0n) is 10.4. The largest absolute Gasteiger partial charge is 0.325 e. The summed E-state index contributed by atoms with van der Waals surface area (Å²) in [5.74, 6) is -0.130. The molecule has 0 radical (unpaired) electrons. The average Bonchev–Trinajstić information content (AvgIpc) is 2.77. The highest BCUT2D eigenvalue weighted by Crippen LogP contribution is 2.28. The monoisotopic (exact) mass is 327 g/mol. The van der Waals surface area contributed by atoms with Crippen LogP contribution in [0.2, 0.25) is 0 Å². The van der Waals surface area contributed by atoms with Gasteiger partial charge in [-0.05, 0) is 41.9 Å². The van der Waals surface area contributed by atoms with E-state index >= 15 is 0 Å². The fraction of sp³-hybridized carbons (Fsp3) is 0.417. The quantitative estimate of drug-likeness (QED) is 0.659. The van der Waals surface area contributed by atoms with Crippen LogP contribution in [-0.4, -0.2) is 23.4 Å². The predicted molar refractivity (Wildman–Crippen MR) is 75.0 cm³/mol. The lowest BCUT2D eigenvalue weighted by molar-refractivity contribution is -0.384. The molecule has 2 N–H and O–H groups in total. The number of nitrogens with zero attached hydrogens (tertiary/aromatic N) is 1. The van der Waals surface area contributed by atoms with Crippen LogP contribution in [0.15, 0.2) is 22.7 Å². The van der Waals surface area contributed by atoms with Gasteiger partial charge in [0.05, 0.1) is 16.5 Å². The minimum absolute atomic E-state index is 0.0132. The van der Waals surface area contributed by atoms with Crippen LogP contribution in [0.25, 0.3) is 0 Å². The van der Waals surface area contributed by atoms with Crippen LogP contribution in [0.5, 0.6) is 0 Å². The topological polar surface area (TPSA) is 84.3 Å². The Balaban J connectivity index is 2.11. The molecule has 0 saturated carbocycles. The van der Waals surface area contributed by atoms with Crippen molar-refractivity contribution < 1.29 is 9.72 Å². The van der Waals surface area contributed by atoms with E-state index < -0.39 is 4.92 Å². The molecule has 102 valence electrons. The van der Waals surface area contributed by atoms with E-state index in [0.717, 1.165) is 13.0 Å². The standard InChI is InChI=1S/C12H14BrN3O3/c1-7-9(4-5-14-7)12(17)15-11-3-2-8(16(18)19)6-10(11)13/h2-3,6-7,9,14H,4-5H2,1H3,(H,15,17). The highest BCUT2D eigenvalue weighted by atomic mass is 79.9. The Morgan fingerprint density at radius 3 is 2.84 bits per heavy atom. The number of nitrogens with one attached hydrogen (secondary N) is 2. The molecule has 6 nitrogen and oxygen atoms in total. The number of nitro groups is 1. The second kappa shape index (κ2) is 5.66. The number of rotatable bonds is 3. The fourth-order valence-electron chi connectivity index (χ4n) is 2.16. The third kappa shape index (κ3) is 3.10. The van der Waals surface area contributed by atoms with Gasteiger partial charge in [0, 0.05) is 22.6 Å². The van der Waals surface area contributed by atoms with Gasteiger partial charge < -0.3 is 10.6 Å². The molecule has 1 aromatic rings. The molecular weight excluding hydrogens is 314 g/mol. The maximum absolute atomic E-state index is 12.1. The lowest BCUT2D eigenvalue weighted by Crippen LogP contribution is -2.32. The number of hydrogen-bond donors (Lipinski definition) is 2. The fourth-order valence-corrected chi connectivity index (χ4v) is 2.63. The number of halogens is 1. The van der Waals surface area contributed by atoms with Gasteiger partial charge in [0.25, 0.3) is 5.69 Å². The molecule has 1 aliphatic heterocycles. The van der Waals surface area contributed by atoms with E-state index in [4.69, 9.17) is 0 Å². The van der Waals surface area contributed by atoms with Crippen molar-refractivity contribution in [3.8, 4) is 0 Å². The van der Waals surface area contributed by atoms with Crippen LogP contribution in [0.3, 0.4) is 0 Å². The number of non-ortho nitro benzene ring substituents is 1. The molecule has 0 aromatic heterocycles. The molecule has 0 spiro atoms. The van der Waals surface area contributed by atoms with Gasteiger partial charge in [0.2, 0.25) is 5.91 Å². The molecule has 7 heteroatoms. The van der Waals surface area contributed by atoms with Gasteiger partial charge in [-0.2, -0.15) is 0 Å². The number of carbonyl (C=O) groups is 1. The maximum Gasteiger partial charge on any atom is 0.270 e. The van der Waals surface area contributed by atoms with Crippen molar-refractivity contribution in [1.82, 2.24) is 5.32 Å². The number of hydrogen-bond acceptors (Lipinski definition) is 4. The molecule has 1 saturated heterocycles. The van der Waals surface area contributed by atoms with Crippen LogP contribution in [0.1, 0.15) is 13.3 Å². The maximum atomic E-state index is 12.1. The molecule has 0 bridgehead atoms. The predicted octanol–water partition coefficient (Wildman–Crippen LogP) is 2.29. The number of carbonyl (C=O) groups excluding carboxylic acids is 1. The van der Waals surface area contributed by atoms with E-state index in [1.54, 1.807) is 0 Å². The Morgan fingerprint density at radius 1 is 1.58 bits per heavy atom. The summed E-state index contributed by atoms with van der Waals surface area (Å²) in [6.45, 7) is 2.81. The second-order valence-corrected chi connectivity index (χ2v) is 5.40. The van der Waals surface area contributed by atoms with Crippen molar-refractivity contribution in [2.45, 2.75) is 19.4 Å². The van der Waals surface area contributed by atoms with E-state index in [1.807, 2.05) is 6.92 Å². The zero-order valence-corrected chi connectivity index (χ0v) is 11.9. The molecule has 19 heavy (non-hydrogen) atoms.